The van der Waals surface area contributed by atoms with Crippen LogP contribution in [0.3, 0.4) is 0 Å². The van der Waals surface area contributed by atoms with Gasteiger partial charge in [-0.1, -0.05) is 0 Å². The van der Waals surface area contributed by atoms with Crippen LogP contribution in [0.2, 0.25) is 0 Å². The van der Waals surface area contributed by atoms with Crippen molar-refractivity contribution in [3.05, 3.63) is 0 Å². The van der Waals surface area contributed by atoms with E-state index in [9.17, 15) is 0 Å². The molecule has 54 valence electrons. The summed E-state index contributed by atoms with van der Waals surface area (Å²) >= 11 is 0. The number of aliphatic hydroxyl groups excluding tert-OH is 1. The summed E-state index contributed by atoms with van der Waals surface area (Å²) in [5.74, 6) is 0. The number of rotatable bonds is 3. The Balaban J connectivity index is 2.22. The van der Waals surface area contributed by atoms with Gasteiger partial charge >= 0.3 is 0 Å². The SMILES string of the molecule is C[C@H](CO)N(C)C1CC1. The summed E-state index contributed by atoms with van der Waals surface area (Å²) < 4.78 is 0. The van der Waals surface area contributed by atoms with Crippen LogP contribution in [0.5, 0.6) is 0 Å². The molecule has 1 rings (SSSR count). The highest BCUT2D eigenvalue weighted by Gasteiger charge is 2.28. The van der Waals surface area contributed by atoms with E-state index in [4.69, 9.17) is 5.11 Å². The zero-order chi connectivity index (χ0) is 6.85. The van der Waals surface area contributed by atoms with Gasteiger partial charge < -0.3 is 5.11 Å². The predicted octanol–water partition coefficient (Wildman–Crippen LogP) is 0.461. The number of hydrogen-bond donors (Lipinski definition) is 1. The summed E-state index contributed by atoms with van der Waals surface area (Å²) in [4.78, 5) is 2.25. The van der Waals surface area contributed by atoms with Crippen molar-refractivity contribution in [1.82, 2.24) is 4.90 Å². The van der Waals surface area contributed by atoms with Crippen LogP contribution >= 0.6 is 0 Å². The van der Waals surface area contributed by atoms with E-state index in [2.05, 4.69) is 18.9 Å². The van der Waals surface area contributed by atoms with Crippen molar-refractivity contribution in [1.29, 1.82) is 0 Å². The van der Waals surface area contributed by atoms with Gasteiger partial charge in [-0.25, -0.2) is 0 Å². The molecule has 0 bridgehead atoms. The van der Waals surface area contributed by atoms with Gasteiger partial charge in [-0.2, -0.15) is 0 Å². The van der Waals surface area contributed by atoms with E-state index < -0.39 is 0 Å². The lowest BCUT2D eigenvalue weighted by Gasteiger charge is -2.21. The molecule has 0 heterocycles. The second-order valence-electron chi connectivity index (χ2n) is 2.93. The molecule has 2 nitrogen and oxygen atoms in total. The fourth-order valence-electron chi connectivity index (χ4n) is 0.970. The van der Waals surface area contributed by atoms with Gasteiger partial charge in [0.2, 0.25) is 0 Å². The van der Waals surface area contributed by atoms with Gasteiger partial charge in [-0.15, -0.1) is 0 Å². The van der Waals surface area contributed by atoms with Crippen molar-refractivity contribution < 1.29 is 5.11 Å². The molecule has 0 spiro atoms. The van der Waals surface area contributed by atoms with Gasteiger partial charge in [0.05, 0.1) is 6.61 Å². The third-order valence-corrected chi connectivity index (χ3v) is 2.08. The van der Waals surface area contributed by atoms with Crippen molar-refractivity contribution in [2.75, 3.05) is 13.7 Å². The summed E-state index contributed by atoms with van der Waals surface area (Å²) in [6.45, 7) is 2.34. The predicted molar refractivity (Wildman–Crippen MR) is 37.3 cm³/mol. The molecule has 0 aromatic rings. The third kappa shape index (κ3) is 1.66. The standard InChI is InChI=1S/C7H15NO/c1-6(5-9)8(2)7-3-4-7/h6-7,9H,3-5H2,1-2H3/t6-/m1/s1. The minimum atomic E-state index is 0.285. The third-order valence-electron chi connectivity index (χ3n) is 2.08. The fourth-order valence-corrected chi connectivity index (χ4v) is 0.970. The van der Waals surface area contributed by atoms with E-state index >= 15 is 0 Å². The first kappa shape index (κ1) is 7.03. The van der Waals surface area contributed by atoms with Crippen LogP contribution < -0.4 is 0 Å². The summed E-state index contributed by atoms with van der Waals surface area (Å²) in [6, 6.07) is 1.12. The Bertz CT molecular complexity index is 90.9. The van der Waals surface area contributed by atoms with Crippen LogP contribution in [0.25, 0.3) is 0 Å². The minimum Gasteiger partial charge on any atom is -0.395 e. The molecule has 1 aliphatic carbocycles. The average Bonchev–Trinajstić information content (AvgIpc) is 2.66. The number of hydrogen-bond acceptors (Lipinski definition) is 2. The lowest BCUT2D eigenvalue weighted by atomic mass is 10.3. The van der Waals surface area contributed by atoms with Crippen molar-refractivity contribution in [2.45, 2.75) is 31.8 Å². The molecule has 1 saturated carbocycles. The van der Waals surface area contributed by atoms with E-state index in [1.165, 1.54) is 12.8 Å². The van der Waals surface area contributed by atoms with Crippen molar-refractivity contribution in [3.63, 3.8) is 0 Å². The zero-order valence-corrected chi connectivity index (χ0v) is 6.17. The molecular weight excluding hydrogens is 114 g/mol. The van der Waals surface area contributed by atoms with Gasteiger partial charge in [0.25, 0.3) is 0 Å². The Labute approximate surface area is 56.5 Å². The Morgan fingerprint density at radius 2 is 2.22 bits per heavy atom. The van der Waals surface area contributed by atoms with E-state index in [0.29, 0.717) is 6.04 Å². The maximum atomic E-state index is 8.74. The molecule has 2 heteroatoms. The molecule has 1 N–H and O–H groups in total. The van der Waals surface area contributed by atoms with Gasteiger partial charge in [0.15, 0.2) is 0 Å². The quantitative estimate of drug-likeness (QED) is 0.598. The summed E-state index contributed by atoms with van der Waals surface area (Å²) in [5.41, 5.74) is 0. The van der Waals surface area contributed by atoms with Crippen LogP contribution in [0, 0.1) is 0 Å². The second-order valence-corrected chi connectivity index (χ2v) is 2.93. The lowest BCUT2D eigenvalue weighted by molar-refractivity contribution is 0.153. The Morgan fingerprint density at radius 3 is 2.56 bits per heavy atom. The van der Waals surface area contributed by atoms with E-state index in [1.54, 1.807) is 0 Å². The molecule has 0 amide bonds. The monoisotopic (exact) mass is 129 g/mol. The molecule has 1 aliphatic rings. The van der Waals surface area contributed by atoms with Crippen molar-refractivity contribution >= 4 is 0 Å². The first-order chi connectivity index (χ1) is 4.25. The fraction of sp³-hybridized carbons (Fsp3) is 1.00. The highest BCUT2D eigenvalue weighted by molar-refractivity contribution is 4.84. The molecule has 0 saturated heterocycles. The molecule has 0 unspecified atom stereocenters. The van der Waals surface area contributed by atoms with Gasteiger partial charge in [-0.05, 0) is 26.8 Å². The Hall–Kier alpha value is -0.0800. The normalized spacial score (nSPS) is 22.7. The summed E-state index contributed by atoms with van der Waals surface area (Å²) in [6.07, 6.45) is 2.64. The number of aliphatic hydroxyl groups is 1. The molecule has 9 heavy (non-hydrogen) atoms. The highest BCUT2D eigenvalue weighted by Crippen LogP contribution is 2.26. The van der Waals surface area contributed by atoms with Crippen molar-refractivity contribution in [3.8, 4) is 0 Å². The van der Waals surface area contributed by atoms with Gasteiger partial charge in [0, 0.05) is 12.1 Å². The molecule has 0 aliphatic heterocycles. The summed E-state index contributed by atoms with van der Waals surface area (Å²) in [5, 5.41) is 8.74. The van der Waals surface area contributed by atoms with Crippen LogP contribution in [0.4, 0.5) is 0 Å². The maximum Gasteiger partial charge on any atom is 0.0584 e. The first-order valence-electron chi connectivity index (χ1n) is 3.58. The van der Waals surface area contributed by atoms with Crippen LogP contribution in [-0.4, -0.2) is 35.7 Å². The molecule has 0 aromatic carbocycles. The second kappa shape index (κ2) is 2.67. The van der Waals surface area contributed by atoms with Gasteiger partial charge in [0.1, 0.15) is 0 Å². The van der Waals surface area contributed by atoms with E-state index in [0.717, 1.165) is 6.04 Å². The lowest BCUT2D eigenvalue weighted by Crippen LogP contribution is -2.33. The molecule has 0 aromatic heterocycles. The summed E-state index contributed by atoms with van der Waals surface area (Å²) in [7, 11) is 2.08. The number of likely N-dealkylation sites (N-methyl/N-ethyl adjacent to an activating group) is 1. The van der Waals surface area contributed by atoms with Crippen LogP contribution in [0.1, 0.15) is 19.8 Å². The highest BCUT2D eigenvalue weighted by atomic mass is 16.3. The molecular formula is C7H15NO. The largest absolute Gasteiger partial charge is 0.395 e. The Kier molecular flexibility index (Phi) is 2.09. The van der Waals surface area contributed by atoms with Crippen LogP contribution in [-0.2, 0) is 0 Å². The van der Waals surface area contributed by atoms with E-state index in [-0.39, 0.29) is 6.61 Å². The minimum absolute atomic E-state index is 0.285. The van der Waals surface area contributed by atoms with Gasteiger partial charge in [-0.3, -0.25) is 4.90 Å². The van der Waals surface area contributed by atoms with E-state index in [1.807, 2.05) is 0 Å². The Morgan fingerprint density at radius 1 is 1.67 bits per heavy atom. The van der Waals surface area contributed by atoms with Crippen molar-refractivity contribution in [2.24, 2.45) is 0 Å². The molecule has 0 radical (unpaired) electrons. The zero-order valence-electron chi connectivity index (χ0n) is 6.17. The number of nitrogens with zero attached hydrogens (tertiary/aromatic N) is 1. The van der Waals surface area contributed by atoms with Crippen LogP contribution in [0.15, 0.2) is 0 Å². The maximum absolute atomic E-state index is 8.74. The average molecular weight is 129 g/mol. The smallest absolute Gasteiger partial charge is 0.0584 e. The molecule has 1 fully saturated rings. The topological polar surface area (TPSA) is 23.5 Å². The first-order valence-corrected chi connectivity index (χ1v) is 3.58. The molecule has 1 atom stereocenters.